The van der Waals surface area contributed by atoms with E-state index in [9.17, 15) is 17.6 Å². The van der Waals surface area contributed by atoms with E-state index in [1.807, 2.05) is 18.2 Å². The van der Waals surface area contributed by atoms with Crippen molar-refractivity contribution in [3.8, 4) is 17.1 Å². The lowest BCUT2D eigenvalue weighted by atomic mass is 9.91. The minimum atomic E-state index is -2.54. The number of allylic oxidation sites excluding steroid dienone is 1. The van der Waals surface area contributed by atoms with Crippen LogP contribution in [0.15, 0.2) is 61.0 Å². The average Bonchev–Trinajstić information content (AvgIpc) is 3.52. The van der Waals surface area contributed by atoms with Gasteiger partial charge in [-0.05, 0) is 62.8 Å². The normalized spacial score (nSPS) is 24.3. The maximum Gasteiger partial charge on any atom is 0.257 e. The zero-order valence-electron chi connectivity index (χ0n) is 25.5. The standard InChI is InChI=1S/C32H39F4N9O/c33-10-14-44-12-8-24(9-13-44)46-25-5-6-27(39-17-25)26-18-40-32(37,15-28(26)42-23-3-1-22(34)2-4-23)29-7-11-38-31(43-29)21-16-41-45(19-21)20-30(35)36/h5-7,11,15-19,22-24,30,40,42H,1-4,8-10,12-14,20,37H2. The van der Waals surface area contributed by atoms with Crippen LogP contribution in [0, 0.1) is 0 Å². The van der Waals surface area contributed by atoms with E-state index in [0.717, 1.165) is 41.9 Å². The van der Waals surface area contributed by atoms with Gasteiger partial charge in [0.05, 0.1) is 29.3 Å². The van der Waals surface area contributed by atoms with Crippen molar-refractivity contribution in [1.29, 1.82) is 0 Å². The second kappa shape index (κ2) is 14.2. The number of pyridine rings is 1. The lowest BCUT2D eigenvalue weighted by Gasteiger charge is -2.35. The average molecular weight is 642 g/mol. The zero-order chi connectivity index (χ0) is 32.1. The molecule has 46 heavy (non-hydrogen) atoms. The molecule has 10 nitrogen and oxygen atoms in total. The van der Waals surface area contributed by atoms with Crippen LogP contribution in [0.5, 0.6) is 5.75 Å². The summed E-state index contributed by atoms with van der Waals surface area (Å²) in [7, 11) is 0. The third-order valence-electron chi connectivity index (χ3n) is 8.68. The number of ether oxygens (including phenoxy) is 1. The molecule has 246 valence electrons. The Morgan fingerprint density at radius 2 is 1.87 bits per heavy atom. The second-order valence-corrected chi connectivity index (χ2v) is 12.1. The first kappa shape index (κ1) is 31.9. The van der Waals surface area contributed by atoms with E-state index in [1.165, 1.54) is 12.4 Å². The van der Waals surface area contributed by atoms with Gasteiger partial charge in [-0.25, -0.2) is 27.5 Å². The van der Waals surface area contributed by atoms with Crippen molar-refractivity contribution >= 4 is 5.57 Å². The van der Waals surface area contributed by atoms with Crippen molar-refractivity contribution in [1.82, 2.24) is 40.3 Å². The lowest BCUT2D eigenvalue weighted by molar-refractivity contribution is 0.0966. The molecule has 3 aromatic rings. The van der Waals surface area contributed by atoms with Crippen molar-refractivity contribution in [2.75, 3.05) is 26.3 Å². The monoisotopic (exact) mass is 641 g/mol. The van der Waals surface area contributed by atoms with E-state index in [1.54, 1.807) is 24.7 Å². The van der Waals surface area contributed by atoms with Gasteiger partial charge in [0.15, 0.2) is 11.5 Å². The smallest absolute Gasteiger partial charge is 0.257 e. The fourth-order valence-electron chi connectivity index (χ4n) is 6.13. The third-order valence-corrected chi connectivity index (χ3v) is 8.68. The number of aromatic nitrogens is 5. The van der Waals surface area contributed by atoms with Crippen molar-refractivity contribution in [3.05, 3.63) is 72.3 Å². The van der Waals surface area contributed by atoms with Gasteiger partial charge in [0.2, 0.25) is 0 Å². The van der Waals surface area contributed by atoms with E-state index >= 15 is 0 Å². The van der Waals surface area contributed by atoms with Crippen LogP contribution in [-0.2, 0) is 12.2 Å². The van der Waals surface area contributed by atoms with Crippen LogP contribution >= 0.6 is 0 Å². The third kappa shape index (κ3) is 7.66. The van der Waals surface area contributed by atoms with Crippen molar-refractivity contribution < 1.29 is 22.3 Å². The van der Waals surface area contributed by atoms with E-state index in [4.69, 9.17) is 15.5 Å². The number of nitrogens with two attached hydrogens (primary N) is 1. The van der Waals surface area contributed by atoms with Crippen molar-refractivity contribution in [3.63, 3.8) is 0 Å². The molecule has 1 saturated heterocycles. The summed E-state index contributed by atoms with van der Waals surface area (Å²) in [6.07, 6.45) is 10.5. The number of dihydropyridines is 1. The van der Waals surface area contributed by atoms with Gasteiger partial charge < -0.3 is 26.0 Å². The van der Waals surface area contributed by atoms with Gasteiger partial charge in [-0.3, -0.25) is 9.67 Å². The predicted molar refractivity (Wildman–Crippen MR) is 165 cm³/mol. The molecule has 14 heteroatoms. The summed E-state index contributed by atoms with van der Waals surface area (Å²) in [6, 6.07) is 5.52. The summed E-state index contributed by atoms with van der Waals surface area (Å²) in [4.78, 5) is 15.8. The fourth-order valence-corrected chi connectivity index (χ4v) is 6.13. The molecule has 5 heterocycles. The van der Waals surface area contributed by atoms with Gasteiger partial charge in [-0.15, -0.1) is 0 Å². The van der Waals surface area contributed by atoms with Gasteiger partial charge >= 0.3 is 0 Å². The number of nitrogens with zero attached hydrogens (tertiary/aromatic N) is 6. The Morgan fingerprint density at radius 3 is 2.59 bits per heavy atom. The maximum absolute atomic E-state index is 13.9. The number of likely N-dealkylation sites (tertiary alicyclic amines) is 1. The van der Waals surface area contributed by atoms with Gasteiger partial charge in [-0.2, -0.15) is 5.10 Å². The topological polar surface area (TPSA) is 119 Å². The largest absolute Gasteiger partial charge is 0.489 e. The molecule has 1 saturated carbocycles. The number of piperidine rings is 1. The number of nitrogens with one attached hydrogen (secondary N) is 2. The Balaban J connectivity index is 1.22. The summed E-state index contributed by atoms with van der Waals surface area (Å²) in [5.74, 6) is 0.962. The first-order chi connectivity index (χ1) is 22.3. The Labute approximate surface area is 265 Å². The second-order valence-electron chi connectivity index (χ2n) is 12.1. The Bertz CT molecular complexity index is 1520. The highest BCUT2D eigenvalue weighted by molar-refractivity contribution is 5.78. The predicted octanol–water partition coefficient (Wildman–Crippen LogP) is 4.32. The molecule has 3 aromatic heterocycles. The molecule has 1 unspecified atom stereocenters. The maximum atomic E-state index is 13.9. The number of rotatable bonds is 11. The highest BCUT2D eigenvalue weighted by Crippen LogP contribution is 2.32. The summed E-state index contributed by atoms with van der Waals surface area (Å²) in [5, 5.41) is 10.8. The fraction of sp³-hybridized carbons (Fsp3) is 0.500. The first-order valence-corrected chi connectivity index (χ1v) is 15.7. The highest BCUT2D eigenvalue weighted by Gasteiger charge is 2.33. The van der Waals surface area contributed by atoms with E-state index in [-0.39, 0.29) is 18.8 Å². The number of hydrogen-bond acceptors (Lipinski definition) is 9. The minimum Gasteiger partial charge on any atom is -0.489 e. The minimum absolute atomic E-state index is 0.0519. The van der Waals surface area contributed by atoms with Crippen LogP contribution in [0.2, 0.25) is 0 Å². The molecule has 1 atom stereocenters. The van der Waals surface area contributed by atoms with Gasteiger partial charge in [-0.1, -0.05) is 0 Å². The molecule has 0 amide bonds. The van der Waals surface area contributed by atoms with Gasteiger partial charge in [0.1, 0.15) is 31.2 Å². The van der Waals surface area contributed by atoms with Crippen LogP contribution in [0.3, 0.4) is 0 Å². The molecule has 2 aliphatic heterocycles. The molecule has 4 N–H and O–H groups in total. The van der Waals surface area contributed by atoms with Crippen LogP contribution in [0.1, 0.15) is 49.9 Å². The van der Waals surface area contributed by atoms with Crippen LogP contribution < -0.4 is 21.1 Å². The molecule has 0 spiro atoms. The quantitative estimate of drug-likeness (QED) is 0.263. The molecule has 2 fully saturated rings. The van der Waals surface area contributed by atoms with E-state index in [2.05, 4.69) is 30.6 Å². The molecule has 0 aromatic carbocycles. The molecule has 1 aliphatic carbocycles. The van der Waals surface area contributed by atoms with Crippen molar-refractivity contribution in [2.45, 2.75) is 75.5 Å². The lowest BCUT2D eigenvalue weighted by Crippen LogP contribution is -2.50. The zero-order valence-corrected chi connectivity index (χ0v) is 25.5. The van der Waals surface area contributed by atoms with Gasteiger partial charge in [0, 0.05) is 55.5 Å². The number of alkyl halides is 4. The van der Waals surface area contributed by atoms with E-state index in [0.29, 0.717) is 60.8 Å². The first-order valence-electron chi connectivity index (χ1n) is 15.7. The van der Waals surface area contributed by atoms with Crippen molar-refractivity contribution in [2.24, 2.45) is 5.73 Å². The SMILES string of the molecule is NC1(c2ccnc(-c3cnn(CC(F)F)c3)n2)C=C(NC2CCC(F)CC2)C(c2ccc(OC3CCN(CCF)CC3)cn2)=CN1. The Morgan fingerprint density at radius 1 is 1.07 bits per heavy atom. The molecule has 0 bridgehead atoms. The summed E-state index contributed by atoms with van der Waals surface area (Å²) >= 11 is 0. The molecular weight excluding hydrogens is 602 g/mol. The summed E-state index contributed by atoms with van der Waals surface area (Å²) in [6.45, 7) is 1.20. The highest BCUT2D eigenvalue weighted by atomic mass is 19.3. The summed E-state index contributed by atoms with van der Waals surface area (Å²) < 4.78 is 59.6. The van der Waals surface area contributed by atoms with Crippen LogP contribution in [0.25, 0.3) is 17.0 Å². The van der Waals surface area contributed by atoms with Gasteiger partial charge in [0.25, 0.3) is 6.43 Å². The van der Waals surface area contributed by atoms with E-state index < -0.39 is 24.8 Å². The number of halogens is 4. The molecule has 0 radical (unpaired) electrons. The van der Waals surface area contributed by atoms with Crippen LogP contribution in [-0.4, -0.2) is 80.7 Å². The molecule has 3 aliphatic rings. The molecular formula is C32H39F4N9O. The summed E-state index contributed by atoms with van der Waals surface area (Å²) in [5.41, 5.74) is 8.79. The molecule has 6 rings (SSSR count). The number of hydrogen-bond donors (Lipinski definition) is 3. The Kier molecular flexibility index (Phi) is 9.83. The van der Waals surface area contributed by atoms with Crippen LogP contribution in [0.4, 0.5) is 17.6 Å². The Hall–Kier alpha value is -4.04.